The quantitative estimate of drug-likeness (QED) is 0.307. The highest BCUT2D eigenvalue weighted by atomic mass is 32.2. The number of fused-ring (bicyclic) bond motifs is 1. The second kappa shape index (κ2) is 8.72. The summed E-state index contributed by atoms with van der Waals surface area (Å²) in [5.74, 6) is 2.91. The molecule has 4 aromatic rings. The highest BCUT2D eigenvalue weighted by Gasteiger charge is 2.30. The Kier molecular flexibility index (Phi) is 5.94. The molecule has 168 valence electrons. The van der Waals surface area contributed by atoms with Crippen LogP contribution in [0.3, 0.4) is 0 Å². The van der Waals surface area contributed by atoms with Gasteiger partial charge in [0, 0.05) is 10.3 Å². The first-order valence-electron chi connectivity index (χ1n) is 10.6. The summed E-state index contributed by atoms with van der Waals surface area (Å²) in [4.78, 5) is 6.96. The number of thioether (sulfide) groups is 1. The monoisotopic (exact) mass is 487 g/mol. The van der Waals surface area contributed by atoms with Crippen LogP contribution in [-0.2, 0) is 25.0 Å². The molecule has 0 bridgehead atoms. The first kappa shape index (κ1) is 21.8. The Morgan fingerprint density at radius 1 is 1.12 bits per heavy atom. The first-order valence-corrected chi connectivity index (χ1v) is 13.3. The van der Waals surface area contributed by atoms with E-state index in [9.17, 15) is 0 Å². The van der Waals surface area contributed by atoms with Gasteiger partial charge in [0.2, 0.25) is 11.8 Å². The van der Waals surface area contributed by atoms with E-state index in [-0.39, 0.29) is 0 Å². The largest absolute Gasteiger partial charge is 0.419 e. The lowest BCUT2D eigenvalue weighted by atomic mass is 9.72. The van der Waals surface area contributed by atoms with Crippen molar-refractivity contribution in [1.29, 1.82) is 0 Å². The summed E-state index contributed by atoms with van der Waals surface area (Å²) in [7, 11) is 0. The van der Waals surface area contributed by atoms with Crippen LogP contribution in [0.4, 0.5) is 0 Å². The van der Waals surface area contributed by atoms with Crippen molar-refractivity contribution in [3.63, 3.8) is 0 Å². The van der Waals surface area contributed by atoms with E-state index < -0.39 is 0 Å². The minimum absolute atomic E-state index is 0.336. The Morgan fingerprint density at radius 2 is 1.97 bits per heavy atom. The second-order valence-electron chi connectivity index (χ2n) is 9.15. The third-order valence-electron chi connectivity index (χ3n) is 5.75. The lowest BCUT2D eigenvalue weighted by molar-refractivity contribution is 0.217. The van der Waals surface area contributed by atoms with Crippen molar-refractivity contribution in [3.05, 3.63) is 44.4 Å². The molecule has 0 N–H and O–H groups in total. The maximum atomic E-state index is 5.94. The van der Waals surface area contributed by atoms with Gasteiger partial charge >= 0.3 is 0 Å². The van der Waals surface area contributed by atoms with Crippen molar-refractivity contribution in [2.24, 2.45) is 11.3 Å². The van der Waals surface area contributed by atoms with Crippen molar-refractivity contribution >= 4 is 34.4 Å². The van der Waals surface area contributed by atoms with E-state index in [1.54, 1.807) is 22.7 Å². The van der Waals surface area contributed by atoms with Gasteiger partial charge in [-0.3, -0.25) is 0 Å². The molecule has 7 nitrogen and oxygen atoms in total. The van der Waals surface area contributed by atoms with Crippen LogP contribution in [0.2, 0.25) is 0 Å². The third kappa shape index (κ3) is 4.82. The first-order chi connectivity index (χ1) is 15.3. The van der Waals surface area contributed by atoms with Gasteiger partial charge in [0.05, 0.1) is 27.8 Å². The van der Waals surface area contributed by atoms with Gasteiger partial charge in [0.1, 0.15) is 0 Å². The topological polar surface area (TPSA) is 90.7 Å². The molecule has 32 heavy (non-hydrogen) atoms. The lowest BCUT2D eigenvalue weighted by Crippen LogP contribution is -2.26. The molecule has 10 heteroatoms. The van der Waals surface area contributed by atoms with Crippen LogP contribution in [0, 0.1) is 18.3 Å². The van der Waals surface area contributed by atoms with Crippen molar-refractivity contribution in [1.82, 2.24) is 25.4 Å². The van der Waals surface area contributed by atoms with E-state index in [0.717, 1.165) is 28.4 Å². The summed E-state index contributed by atoms with van der Waals surface area (Å²) in [6.45, 7) is 8.99. The summed E-state index contributed by atoms with van der Waals surface area (Å²) in [6, 6.07) is 2.24. The summed E-state index contributed by atoms with van der Waals surface area (Å²) in [5, 5.41) is 20.2. The van der Waals surface area contributed by atoms with Crippen LogP contribution in [0.25, 0.3) is 10.8 Å². The van der Waals surface area contributed by atoms with Gasteiger partial charge in [0.25, 0.3) is 11.1 Å². The van der Waals surface area contributed by atoms with Gasteiger partial charge in [0.15, 0.2) is 0 Å². The summed E-state index contributed by atoms with van der Waals surface area (Å²) in [6.07, 6.45) is 4.06. The van der Waals surface area contributed by atoms with E-state index in [4.69, 9.17) is 8.83 Å². The average Bonchev–Trinajstić information content (AvgIpc) is 3.52. The van der Waals surface area contributed by atoms with E-state index >= 15 is 0 Å². The number of hydrogen-bond acceptors (Lipinski definition) is 10. The van der Waals surface area contributed by atoms with Gasteiger partial charge in [-0.05, 0) is 49.1 Å². The molecule has 0 saturated carbocycles. The molecular formula is C22H25N5O2S3. The fourth-order valence-electron chi connectivity index (χ4n) is 3.92. The number of nitrogens with zero attached hydrogens (tertiary/aromatic N) is 5. The van der Waals surface area contributed by atoms with Gasteiger partial charge in [-0.1, -0.05) is 32.5 Å². The zero-order valence-corrected chi connectivity index (χ0v) is 21.0. The third-order valence-corrected chi connectivity index (χ3v) is 8.60. The van der Waals surface area contributed by atoms with Crippen LogP contribution in [0.1, 0.15) is 60.1 Å². The molecule has 1 aliphatic rings. The Labute approximate surface area is 199 Å². The van der Waals surface area contributed by atoms with Crippen LogP contribution in [-0.4, -0.2) is 25.4 Å². The number of aryl methyl sites for hydroxylation is 2. The molecule has 0 unspecified atom stereocenters. The Hall–Kier alpha value is -2.04. The number of aromatic nitrogens is 5. The van der Waals surface area contributed by atoms with Crippen LogP contribution in [0.15, 0.2) is 25.5 Å². The Morgan fingerprint density at radius 3 is 2.75 bits per heavy atom. The predicted octanol–water partition coefficient (Wildman–Crippen LogP) is 5.98. The lowest BCUT2D eigenvalue weighted by Gasteiger charge is -2.33. The summed E-state index contributed by atoms with van der Waals surface area (Å²) >= 11 is 4.80. The standard InChI is InChI=1S/C22H25N5O2S3/c1-12-23-15(10-30-12)9-18-24-27-21(29-18)31-11-19-25-26-20(28-19)17-8-13-7-14(22(2,3)4)5-6-16(13)32-17/h8,10,14H,5-7,9,11H2,1-4H3/t14-/m0/s1. The minimum atomic E-state index is 0.336. The van der Waals surface area contributed by atoms with Crippen LogP contribution in [0.5, 0.6) is 0 Å². The molecule has 0 spiro atoms. The highest BCUT2D eigenvalue weighted by Crippen LogP contribution is 2.42. The van der Waals surface area contributed by atoms with Crippen LogP contribution >= 0.6 is 34.4 Å². The molecule has 4 aromatic heterocycles. The van der Waals surface area contributed by atoms with E-state index in [1.807, 2.05) is 12.3 Å². The summed E-state index contributed by atoms with van der Waals surface area (Å²) in [5.41, 5.74) is 2.73. The van der Waals surface area contributed by atoms with E-state index in [2.05, 4.69) is 52.2 Å². The van der Waals surface area contributed by atoms with Crippen molar-refractivity contribution in [2.45, 2.75) is 64.4 Å². The summed E-state index contributed by atoms with van der Waals surface area (Å²) < 4.78 is 11.7. The second-order valence-corrected chi connectivity index (χ2v) is 12.3. The SMILES string of the molecule is Cc1nc(Cc2nnc(SCc3nnc(-c4cc5c(s4)CC[C@H](C(C)(C)C)C5)o3)o2)cs1. The molecule has 0 radical (unpaired) electrons. The molecule has 0 aliphatic heterocycles. The molecule has 0 fully saturated rings. The molecule has 1 atom stereocenters. The molecular weight excluding hydrogens is 462 g/mol. The fraction of sp³-hybridized carbons (Fsp3) is 0.500. The van der Waals surface area contributed by atoms with Gasteiger partial charge in [-0.25, -0.2) is 4.98 Å². The molecule has 4 heterocycles. The zero-order chi connectivity index (χ0) is 22.3. The number of thiazole rings is 1. The molecule has 0 aromatic carbocycles. The predicted molar refractivity (Wildman–Crippen MR) is 126 cm³/mol. The average molecular weight is 488 g/mol. The van der Waals surface area contributed by atoms with Crippen molar-refractivity contribution in [2.75, 3.05) is 0 Å². The molecule has 1 aliphatic carbocycles. The molecule has 0 saturated heterocycles. The van der Waals surface area contributed by atoms with Gasteiger partial charge < -0.3 is 8.83 Å². The van der Waals surface area contributed by atoms with E-state index in [0.29, 0.717) is 46.4 Å². The van der Waals surface area contributed by atoms with Crippen molar-refractivity contribution < 1.29 is 8.83 Å². The van der Waals surface area contributed by atoms with Crippen molar-refractivity contribution in [3.8, 4) is 10.8 Å². The Balaban J connectivity index is 1.21. The number of hydrogen-bond donors (Lipinski definition) is 0. The normalized spacial score (nSPS) is 16.4. The fourth-order valence-corrected chi connectivity index (χ4v) is 6.28. The Bertz CT molecular complexity index is 1220. The number of thiophene rings is 1. The molecule has 5 rings (SSSR count). The van der Waals surface area contributed by atoms with Gasteiger partial charge in [-0.2, -0.15) is 0 Å². The van der Waals surface area contributed by atoms with E-state index in [1.165, 1.54) is 28.6 Å². The van der Waals surface area contributed by atoms with Gasteiger partial charge in [-0.15, -0.1) is 43.1 Å². The van der Waals surface area contributed by atoms with Crippen LogP contribution < -0.4 is 0 Å². The minimum Gasteiger partial charge on any atom is -0.419 e. The molecule has 0 amide bonds. The number of rotatable bonds is 6. The smallest absolute Gasteiger partial charge is 0.277 e. The highest BCUT2D eigenvalue weighted by molar-refractivity contribution is 7.98. The maximum absolute atomic E-state index is 5.94. The maximum Gasteiger partial charge on any atom is 0.277 e. The zero-order valence-electron chi connectivity index (χ0n) is 18.5.